The first-order valence-electron chi connectivity index (χ1n) is 12.4. The van der Waals surface area contributed by atoms with Crippen LogP contribution in [0.2, 0.25) is 48.9 Å². The van der Waals surface area contributed by atoms with Gasteiger partial charge < -0.3 is 27.9 Å². The summed E-state index contributed by atoms with van der Waals surface area (Å²) in [6.45, 7) is 28.6. The van der Waals surface area contributed by atoms with E-state index in [9.17, 15) is 5.11 Å². The summed E-state index contributed by atoms with van der Waals surface area (Å²) in [6, 6.07) is 0.859. The highest BCUT2D eigenvalue weighted by Crippen LogP contribution is 2.43. The molecule has 0 aromatic carbocycles. The lowest BCUT2D eigenvalue weighted by molar-refractivity contribution is -0.0514. The lowest BCUT2D eigenvalue weighted by atomic mass is 10.2. The number of hydrogen-bond acceptors (Lipinski definition) is 7. The quantitative estimate of drug-likeness (QED) is 0.151. The Bertz CT molecular complexity index is 519. The molecule has 0 rings (SSSR count). The van der Waals surface area contributed by atoms with Crippen LogP contribution in [0, 0.1) is 0 Å². The van der Waals surface area contributed by atoms with E-state index in [1.54, 1.807) is 6.92 Å². The molecule has 0 saturated heterocycles. The number of aliphatic hydroxyl groups is 2. The van der Waals surface area contributed by atoms with Crippen molar-refractivity contribution in [2.75, 3.05) is 33.0 Å². The highest BCUT2D eigenvalue weighted by Gasteiger charge is 2.49. The van der Waals surface area contributed by atoms with Crippen molar-refractivity contribution in [2.24, 2.45) is 0 Å². The van der Waals surface area contributed by atoms with Gasteiger partial charge in [-0.3, -0.25) is 5.32 Å². The fraction of sp³-hybridized carbons (Fsp3) is 1.00. The fourth-order valence-electron chi connectivity index (χ4n) is 2.92. The smallest absolute Gasteiger partial charge is 0.314 e. The van der Waals surface area contributed by atoms with Crippen LogP contribution in [0.4, 0.5) is 0 Å². The molecule has 0 fully saturated rings. The molecule has 0 saturated carbocycles. The Morgan fingerprint density at radius 2 is 1.30 bits per heavy atom. The number of nitrogens with one attached hydrogen (secondary N) is 1. The zero-order chi connectivity index (χ0) is 26.1. The van der Waals surface area contributed by atoms with E-state index in [-0.39, 0.29) is 16.7 Å². The molecule has 0 bridgehead atoms. The second-order valence-corrected chi connectivity index (χ2v) is 25.7. The van der Waals surface area contributed by atoms with Gasteiger partial charge >= 0.3 is 8.56 Å². The minimum Gasteiger partial charge on any atom is -0.436 e. The third-order valence-corrected chi connectivity index (χ3v) is 22.9. The van der Waals surface area contributed by atoms with Crippen molar-refractivity contribution in [3.8, 4) is 0 Å². The van der Waals surface area contributed by atoms with Gasteiger partial charge in [-0.1, -0.05) is 41.5 Å². The Hall–Kier alpha value is 0.371. The molecule has 33 heavy (non-hydrogen) atoms. The predicted octanol–water partition coefficient (Wildman–Crippen LogP) is 4.81. The molecule has 0 radical (unpaired) electrons. The molecule has 2 atom stereocenters. The van der Waals surface area contributed by atoms with Gasteiger partial charge in [0.2, 0.25) is 0 Å². The van der Waals surface area contributed by atoms with Gasteiger partial charge in [-0.05, 0) is 62.2 Å². The van der Waals surface area contributed by atoms with Gasteiger partial charge in [0, 0.05) is 13.2 Å². The number of aliphatic hydroxyl groups excluding tert-OH is 2. The van der Waals surface area contributed by atoms with Crippen LogP contribution in [0.15, 0.2) is 0 Å². The SMILES string of the molecule is CC(O)C(NCCOCCO)OCCC[Si](C)(O[Si](C)(C)C(C)(C)C)O[Si](C)(C)C(C)(C)C. The molecular weight excluding hydrogens is 471 g/mol. The summed E-state index contributed by atoms with van der Waals surface area (Å²) >= 11 is 0. The third kappa shape index (κ3) is 12.2. The maximum atomic E-state index is 10.1. The molecule has 200 valence electrons. The molecule has 0 aliphatic carbocycles. The summed E-state index contributed by atoms with van der Waals surface area (Å²) < 4.78 is 25.3. The van der Waals surface area contributed by atoms with Crippen molar-refractivity contribution in [3.63, 3.8) is 0 Å². The van der Waals surface area contributed by atoms with Gasteiger partial charge in [0.15, 0.2) is 16.6 Å². The molecule has 2 unspecified atom stereocenters. The van der Waals surface area contributed by atoms with Crippen LogP contribution in [0.25, 0.3) is 0 Å². The largest absolute Gasteiger partial charge is 0.436 e. The van der Waals surface area contributed by atoms with E-state index < -0.39 is 37.5 Å². The highest BCUT2D eigenvalue weighted by atomic mass is 28.5. The number of rotatable bonds is 16. The van der Waals surface area contributed by atoms with Gasteiger partial charge in [-0.25, -0.2) is 0 Å². The first-order valence-corrected chi connectivity index (χ1v) is 20.7. The topological polar surface area (TPSA) is 89.4 Å². The van der Waals surface area contributed by atoms with E-state index in [1.165, 1.54) is 0 Å². The summed E-state index contributed by atoms with van der Waals surface area (Å²) in [5.74, 6) is 0. The van der Waals surface area contributed by atoms with Crippen molar-refractivity contribution in [2.45, 2.75) is 116 Å². The molecule has 0 aromatic rings. The van der Waals surface area contributed by atoms with Crippen molar-refractivity contribution >= 4 is 25.2 Å². The van der Waals surface area contributed by atoms with Crippen LogP contribution in [0.3, 0.4) is 0 Å². The average molecular weight is 526 g/mol. The Kier molecular flexibility index (Phi) is 13.8. The standard InChI is InChI=1S/C23H55NO6Si3/c1-20(26)21(24-14-17-27-18-15-25)28-16-13-19-33(12,29-31(8,9)22(2,3)4)30-32(10,11)23(5,6)7/h20-21,24-26H,13-19H2,1-12H3. The molecule has 0 aliphatic heterocycles. The maximum absolute atomic E-state index is 10.1. The Morgan fingerprint density at radius 1 is 0.818 bits per heavy atom. The molecule has 0 heterocycles. The molecule has 0 aromatic heterocycles. The zero-order valence-electron chi connectivity index (χ0n) is 23.6. The number of hydrogen-bond donors (Lipinski definition) is 3. The molecule has 0 aliphatic rings. The second kappa shape index (κ2) is 13.6. The lowest BCUT2D eigenvalue weighted by Crippen LogP contribution is -2.58. The summed E-state index contributed by atoms with van der Waals surface area (Å²) in [4.78, 5) is 0. The highest BCUT2D eigenvalue weighted by molar-refractivity contribution is 6.89. The molecule has 3 N–H and O–H groups in total. The second-order valence-electron chi connectivity index (χ2n) is 12.3. The first-order chi connectivity index (χ1) is 14.8. The first kappa shape index (κ1) is 33.4. The van der Waals surface area contributed by atoms with E-state index in [0.717, 1.165) is 12.5 Å². The fourth-order valence-corrected chi connectivity index (χ4v) is 16.2. The van der Waals surface area contributed by atoms with Gasteiger partial charge in [0.1, 0.15) is 6.23 Å². The summed E-state index contributed by atoms with van der Waals surface area (Å²) in [5.41, 5.74) is 0. The summed E-state index contributed by atoms with van der Waals surface area (Å²) in [5, 5.41) is 22.3. The van der Waals surface area contributed by atoms with Crippen LogP contribution >= 0.6 is 0 Å². The Balaban J connectivity index is 5.16. The average Bonchev–Trinajstić information content (AvgIpc) is 2.60. The normalized spacial score (nSPS) is 16.2. The molecule has 0 amide bonds. The van der Waals surface area contributed by atoms with Gasteiger partial charge in [0.25, 0.3) is 0 Å². The Morgan fingerprint density at radius 3 is 1.70 bits per heavy atom. The molecule has 0 spiro atoms. The minimum absolute atomic E-state index is 0.00683. The molecular formula is C23H55NO6Si3. The van der Waals surface area contributed by atoms with Gasteiger partial charge in [-0.15, -0.1) is 0 Å². The van der Waals surface area contributed by atoms with Crippen LogP contribution < -0.4 is 5.32 Å². The van der Waals surface area contributed by atoms with Crippen LogP contribution in [-0.2, 0) is 17.7 Å². The van der Waals surface area contributed by atoms with Crippen LogP contribution in [0.1, 0.15) is 54.9 Å². The van der Waals surface area contributed by atoms with Crippen LogP contribution in [0.5, 0.6) is 0 Å². The van der Waals surface area contributed by atoms with Crippen molar-refractivity contribution in [1.82, 2.24) is 5.32 Å². The minimum atomic E-state index is -2.46. The summed E-state index contributed by atoms with van der Waals surface area (Å²) in [6.07, 6.45) is -0.283. The van der Waals surface area contributed by atoms with Gasteiger partial charge in [-0.2, -0.15) is 0 Å². The third-order valence-electron chi connectivity index (χ3n) is 6.89. The summed E-state index contributed by atoms with van der Waals surface area (Å²) in [7, 11) is -6.45. The van der Waals surface area contributed by atoms with Crippen molar-refractivity contribution in [3.05, 3.63) is 0 Å². The van der Waals surface area contributed by atoms with Crippen molar-refractivity contribution in [1.29, 1.82) is 0 Å². The lowest BCUT2D eigenvalue weighted by Gasteiger charge is -2.48. The maximum Gasteiger partial charge on any atom is 0.314 e. The van der Waals surface area contributed by atoms with Gasteiger partial charge in [0.05, 0.1) is 25.9 Å². The monoisotopic (exact) mass is 525 g/mol. The van der Waals surface area contributed by atoms with Crippen LogP contribution in [-0.4, -0.2) is 80.7 Å². The predicted molar refractivity (Wildman–Crippen MR) is 145 cm³/mol. The number of ether oxygens (including phenoxy) is 2. The zero-order valence-corrected chi connectivity index (χ0v) is 26.6. The van der Waals surface area contributed by atoms with Crippen molar-refractivity contribution < 1.29 is 27.9 Å². The van der Waals surface area contributed by atoms with E-state index in [1.807, 2.05) is 0 Å². The van der Waals surface area contributed by atoms with E-state index >= 15 is 0 Å². The van der Waals surface area contributed by atoms with E-state index in [2.05, 4.69) is 79.6 Å². The Labute approximate surface area is 207 Å². The van der Waals surface area contributed by atoms with E-state index in [0.29, 0.717) is 26.4 Å². The molecule has 10 heteroatoms. The molecule has 7 nitrogen and oxygen atoms in total. The van der Waals surface area contributed by atoms with E-state index in [4.69, 9.17) is 22.8 Å².